The third kappa shape index (κ3) is 12.7. The molecule has 15 heteroatoms. The number of aromatic nitrogens is 4. The van der Waals surface area contributed by atoms with E-state index >= 15 is 0 Å². The zero-order valence-corrected chi connectivity index (χ0v) is 42.9. The van der Waals surface area contributed by atoms with Crippen LogP contribution in [0.15, 0.2) is 90.4 Å². The Morgan fingerprint density at radius 1 is 0.817 bits per heavy atom. The van der Waals surface area contributed by atoms with Gasteiger partial charge in [-0.15, -0.1) is 11.3 Å². The van der Waals surface area contributed by atoms with Gasteiger partial charge in [-0.25, -0.2) is 9.97 Å². The lowest BCUT2D eigenvalue weighted by Gasteiger charge is -2.35. The van der Waals surface area contributed by atoms with E-state index in [1.807, 2.05) is 80.2 Å². The zero-order chi connectivity index (χ0) is 50.1. The molecule has 3 aromatic heterocycles. The molecular weight excluding hydrogens is 911 g/mol. The second kappa shape index (κ2) is 23.5. The van der Waals surface area contributed by atoms with Crippen LogP contribution in [0.5, 0.6) is 0 Å². The van der Waals surface area contributed by atoms with Crippen molar-refractivity contribution in [3.8, 4) is 32.8 Å². The summed E-state index contributed by atoms with van der Waals surface area (Å²) in [6.07, 6.45) is 6.44. The second-order valence-electron chi connectivity index (χ2n) is 20.4. The quantitative estimate of drug-likeness (QED) is 0.0551. The number of anilines is 1. The minimum Gasteiger partial charge on any atom is -0.395 e. The number of rotatable bonds is 20. The van der Waals surface area contributed by atoms with E-state index in [0.29, 0.717) is 13.0 Å². The van der Waals surface area contributed by atoms with Crippen molar-refractivity contribution in [3.63, 3.8) is 0 Å². The summed E-state index contributed by atoms with van der Waals surface area (Å²) in [5, 5.41) is 31.2. The maximum absolute atomic E-state index is 14.1. The van der Waals surface area contributed by atoms with Gasteiger partial charge in [0, 0.05) is 75.8 Å². The number of fused-ring (bicyclic) bond motifs is 1. The lowest BCUT2D eigenvalue weighted by Crippen LogP contribution is -2.57. The van der Waals surface area contributed by atoms with Gasteiger partial charge in [0.2, 0.25) is 17.7 Å². The molecule has 2 aliphatic heterocycles. The second-order valence-corrected chi connectivity index (χ2v) is 21.2. The van der Waals surface area contributed by atoms with Gasteiger partial charge in [-0.05, 0) is 60.8 Å². The first-order valence-corrected chi connectivity index (χ1v) is 26.3. The summed E-state index contributed by atoms with van der Waals surface area (Å²) in [4.78, 5) is 57.8. The van der Waals surface area contributed by atoms with Crippen LogP contribution in [0.25, 0.3) is 38.5 Å². The van der Waals surface area contributed by atoms with Gasteiger partial charge in [-0.1, -0.05) is 125 Å². The fraction of sp³-hybridized carbons (Fsp3) is 0.464. The first-order chi connectivity index (χ1) is 34.3. The van der Waals surface area contributed by atoms with Gasteiger partial charge >= 0.3 is 0 Å². The molecule has 8 rings (SSSR count). The lowest BCUT2D eigenvalue weighted by molar-refractivity contribution is -0.144. The molecule has 3 atom stereocenters. The molecule has 4 N–H and O–H groups in total. The van der Waals surface area contributed by atoms with Crippen LogP contribution in [0.3, 0.4) is 0 Å². The number of aliphatic hydroxyl groups is 2. The standard InChI is InChI=1S/C56H71N9O5S/c1-38-50(53-59-46(42-18-12-10-13-19-42)34-49(65(53)61-38)63-28-26-62(27-29-63)30-31-66)44-20-15-17-40(32-44)16-11-8-6-7-9-14-21-48(68)60-52(56(3,4)5)55(70)64-36-45(67)33-47(64)54(69)57-35-41-22-24-43(25-23-41)51-39(2)58-37-71-51/h10,12-13,15,17-20,22-25,32,34,37,45,47,52,66-67H,6-9,11,14,16,21,26-31,33,35-36H2,1-5H3,(H,57,69)(H,60,68)/t45-,47+,52-/m1/s1. The highest BCUT2D eigenvalue weighted by Crippen LogP contribution is 2.34. The summed E-state index contributed by atoms with van der Waals surface area (Å²) in [6, 6.07) is 27.6. The molecule has 2 fully saturated rings. The molecule has 2 aliphatic rings. The van der Waals surface area contributed by atoms with Gasteiger partial charge in [0.1, 0.15) is 17.9 Å². The molecule has 3 amide bonds. The number of thiazole rings is 1. The number of aliphatic hydroxyl groups excluding tert-OH is 2. The van der Waals surface area contributed by atoms with Crippen LogP contribution in [-0.2, 0) is 27.3 Å². The average Bonchev–Trinajstić information content (AvgIpc) is 4.08. The third-order valence-electron chi connectivity index (χ3n) is 14.0. The molecule has 6 aromatic rings. The van der Waals surface area contributed by atoms with E-state index in [1.54, 1.807) is 11.3 Å². The number of unbranched alkanes of at least 4 members (excludes halogenated alkanes) is 5. The minimum absolute atomic E-state index is 0.0376. The summed E-state index contributed by atoms with van der Waals surface area (Å²) >= 11 is 1.59. The van der Waals surface area contributed by atoms with Crippen molar-refractivity contribution in [2.75, 3.05) is 50.8 Å². The molecule has 0 unspecified atom stereocenters. The number of carbonyl (C=O) groups excluding carboxylic acids is 3. The number of carbonyl (C=O) groups is 3. The number of piperazine rings is 1. The number of nitrogens with zero attached hydrogens (tertiary/aromatic N) is 7. The van der Waals surface area contributed by atoms with E-state index in [-0.39, 0.29) is 43.8 Å². The summed E-state index contributed by atoms with van der Waals surface area (Å²) in [6.45, 7) is 14.4. The third-order valence-corrected chi connectivity index (χ3v) is 15.0. The molecule has 71 heavy (non-hydrogen) atoms. The Hall–Kier alpha value is -6.00. The predicted octanol–water partition coefficient (Wildman–Crippen LogP) is 8.00. The van der Waals surface area contributed by atoms with E-state index in [2.05, 4.69) is 74.8 Å². The van der Waals surface area contributed by atoms with Crippen LogP contribution in [0.1, 0.15) is 94.7 Å². The van der Waals surface area contributed by atoms with Gasteiger partial charge in [-0.3, -0.25) is 19.3 Å². The Kier molecular flexibility index (Phi) is 17.0. The number of amides is 3. The van der Waals surface area contributed by atoms with Crippen LogP contribution in [0.4, 0.5) is 5.82 Å². The van der Waals surface area contributed by atoms with E-state index in [9.17, 15) is 24.6 Å². The maximum Gasteiger partial charge on any atom is 0.246 e. The van der Waals surface area contributed by atoms with Crippen molar-refractivity contribution < 1.29 is 24.6 Å². The zero-order valence-electron chi connectivity index (χ0n) is 42.1. The summed E-state index contributed by atoms with van der Waals surface area (Å²) in [7, 11) is 0. The fourth-order valence-electron chi connectivity index (χ4n) is 9.99. The van der Waals surface area contributed by atoms with Gasteiger partial charge < -0.3 is 30.6 Å². The Balaban J connectivity index is 0.800. The van der Waals surface area contributed by atoms with Gasteiger partial charge in [-0.2, -0.15) is 9.61 Å². The van der Waals surface area contributed by atoms with E-state index in [1.165, 1.54) is 10.5 Å². The number of hydrogen-bond acceptors (Lipinski definition) is 11. The summed E-state index contributed by atoms with van der Waals surface area (Å²) in [5.74, 6) is 0.168. The van der Waals surface area contributed by atoms with E-state index < -0.39 is 23.6 Å². The highest BCUT2D eigenvalue weighted by molar-refractivity contribution is 7.13. The molecule has 376 valence electrons. The van der Waals surface area contributed by atoms with E-state index in [0.717, 1.165) is 132 Å². The normalized spacial score (nSPS) is 16.9. The molecule has 0 aliphatic carbocycles. The van der Waals surface area contributed by atoms with Crippen LogP contribution in [-0.4, -0.2) is 121 Å². The number of hydrogen-bond donors (Lipinski definition) is 4. The van der Waals surface area contributed by atoms with E-state index in [4.69, 9.17) is 10.1 Å². The van der Waals surface area contributed by atoms with Gasteiger partial charge in [0.15, 0.2) is 5.65 Å². The smallest absolute Gasteiger partial charge is 0.246 e. The SMILES string of the molecule is Cc1ncsc1-c1ccc(CNC(=O)[C@@H]2C[C@@H](O)CN2C(=O)[C@@H](NC(=O)CCCCCCCCc2cccc(-c3c(C)nn4c(N5CCN(CCO)CC5)cc(-c5ccccc5)nc34)c2)C(C)(C)C)cc1. The number of β-amino-alcohol motifs (C(OH)–C–C–N with tert-alkyl or cyclic N) is 2. The number of likely N-dealkylation sites (tertiary alicyclic amines) is 1. The predicted molar refractivity (Wildman–Crippen MR) is 282 cm³/mol. The first-order valence-electron chi connectivity index (χ1n) is 25.5. The van der Waals surface area contributed by atoms with Gasteiger partial charge in [0.25, 0.3) is 0 Å². The largest absolute Gasteiger partial charge is 0.395 e. The summed E-state index contributed by atoms with van der Waals surface area (Å²) in [5.41, 5.74) is 11.4. The maximum atomic E-state index is 14.1. The molecule has 0 bridgehead atoms. The van der Waals surface area contributed by atoms with Crippen LogP contribution < -0.4 is 15.5 Å². The van der Waals surface area contributed by atoms with Crippen molar-refractivity contribution in [2.45, 2.75) is 117 Å². The Morgan fingerprint density at radius 3 is 2.24 bits per heavy atom. The van der Waals surface area contributed by atoms with Crippen LogP contribution in [0, 0.1) is 19.3 Å². The molecular formula is C56H71N9O5S. The van der Waals surface area contributed by atoms with Crippen LogP contribution in [0.2, 0.25) is 0 Å². The Labute approximate surface area is 422 Å². The molecule has 2 saturated heterocycles. The van der Waals surface area contributed by atoms with Crippen molar-refractivity contribution in [1.29, 1.82) is 0 Å². The molecule has 3 aromatic carbocycles. The molecule has 0 radical (unpaired) electrons. The lowest BCUT2D eigenvalue weighted by atomic mass is 9.85. The van der Waals surface area contributed by atoms with Crippen molar-refractivity contribution in [3.05, 3.63) is 113 Å². The molecule has 0 saturated carbocycles. The van der Waals surface area contributed by atoms with Gasteiger partial charge in [0.05, 0.1) is 40.2 Å². The van der Waals surface area contributed by atoms with Crippen molar-refractivity contribution in [1.82, 2.24) is 40.0 Å². The monoisotopic (exact) mass is 982 g/mol. The topological polar surface area (TPSA) is 169 Å². The Morgan fingerprint density at radius 2 is 1.54 bits per heavy atom. The highest BCUT2D eigenvalue weighted by atomic mass is 32.1. The highest BCUT2D eigenvalue weighted by Gasteiger charge is 2.44. The molecule has 14 nitrogen and oxygen atoms in total. The Bertz CT molecular complexity index is 2740. The molecule has 0 spiro atoms. The fourth-order valence-corrected chi connectivity index (χ4v) is 10.8. The summed E-state index contributed by atoms with van der Waals surface area (Å²) < 4.78 is 2.02. The number of benzene rings is 3. The average molecular weight is 982 g/mol. The minimum atomic E-state index is -0.848. The van der Waals surface area contributed by atoms with Crippen molar-refractivity contribution >= 4 is 40.5 Å². The number of aryl methyl sites for hydroxylation is 3. The van der Waals surface area contributed by atoms with Crippen molar-refractivity contribution in [2.24, 2.45) is 5.41 Å². The molecule has 5 heterocycles. The number of nitrogens with one attached hydrogen (secondary N) is 2. The van der Waals surface area contributed by atoms with Crippen LogP contribution >= 0.6 is 11.3 Å². The first kappa shape index (κ1) is 51.4.